The Morgan fingerprint density at radius 1 is 1.30 bits per heavy atom. The summed E-state index contributed by atoms with van der Waals surface area (Å²) < 4.78 is 37.5. The van der Waals surface area contributed by atoms with E-state index < -0.39 is 18.3 Å². The SMILES string of the molecule is CCNC(C#N)(CC)CCCN(CC(F)(F)F)C1CC1. The van der Waals surface area contributed by atoms with Crippen molar-refractivity contribution in [1.82, 2.24) is 10.2 Å². The second-order valence-corrected chi connectivity index (χ2v) is 5.50. The highest BCUT2D eigenvalue weighted by atomic mass is 19.4. The molecule has 1 aliphatic rings. The normalized spacial score (nSPS) is 18.9. The lowest BCUT2D eigenvalue weighted by Crippen LogP contribution is -2.44. The molecule has 1 N–H and O–H groups in total. The highest BCUT2D eigenvalue weighted by molar-refractivity contribution is 5.06. The zero-order valence-electron chi connectivity index (χ0n) is 12.3. The van der Waals surface area contributed by atoms with Crippen LogP contribution in [0.15, 0.2) is 0 Å². The molecule has 20 heavy (non-hydrogen) atoms. The maximum Gasteiger partial charge on any atom is 0.401 e. The minimum absolute atomic E-state index is 0.0915. The Morgan fingerprint density at radius 3 is 2.35 bits per heavy atom. The van der Waals surface area contributed by atoms with Crippen molar-refractivity contribution in [3.63, 3.8) is 0 Å². The van der Waals surface area contributed by atoms with Gasteiger partial charge in [-0.3, -0.25) is 10.2 Å². The van der Waals surface area contributed by atoms with Crippen molar-refractivity contribution in [3.05, 3.63) is 0 Å². The van der Waals surface area contributed by atoms with Crippen molar-refractivity contribution in [2.75, 3.05) is 19.6 Å². The van der Waals surface area contributed by atoms with Crippen LogP contribution in [-0.2, 0) is 0 Å². The van der Waals surface area contributed by atoms with E-state index >= 15 is 0 Å². The van der Waals surface area contributed by atoms with Gasteiger partial charge >= 0.3 is 6.18 Å². The van der Waals surface area contributed by atoms with Gasteiger partial charge in [-0.2, -0.15) is 18.4 Å². The Kier molecular flexibility index (Phi) is 6.28. The quantitative estimate of drug-likeness (QED) is 0.709. The summed E-state index contributed by atoms with van der Waals surface area (Å²) in [4.78, 5) is 1.52. The highest BCUT2D eigenvalue weighted by Gasteiger charge is 2.38. The number of rotatable bonds is 9. The maximum atomic E-state index is 12.5. The van der Waals surface area contributed by atoms with Crippen LogP contribution in [0.5, 0.6) is 0 Å². The summed E-state index contributed by atoms with van der Waals surface area (Å²) in [6.07, 6.45) is -0.543. The van der Waals surface area contributed by atoms with Crippen LogP contribution in [0.3, 0.4) is 0 Å². The fourth-order valence-electron chi connectivity index (χ4n) is 2.55. The molecule has 1 atom stereocenters. The zero-order chi connectivity index (χ0) is 15.2. The fourth-order valence-corrected chi connectivity index (χ4v) is 2.55. The number of halogens is 3. The molecule has 0 aliphatic heterocycles. The number of nitrogens with zero attached hydrogens (tertiary/aromatic N) is 2. The van der Waals surface area contributed by atoms with Gasteiger partial charge in [-0.1, -0.05) is 13.8 Å². The van der Waals surface area contributed by atoms with Gasteiger partial charge in [0.05, 0.1) is 12.6 Å². The lowest BCUT2D eigenvalue weighted by molar-refractivity contribution is -0.147. The molecule has 0 bridgehead atoms. The molecule has 0 aromatic rings. The number of nitrogens with one attached hydrogen (secondary N) is 1. The molecule has 0 spiro atoms. The van der Waals surface area contributed by atoms with Crippen molar-refractivity contribution in [2.24, 2.45) is 0 Å². The molecule has 0 saturated heterocycles. The molecule has 0 amide bonds. The van der Waals surface area contributed by atoms with E-state index in [9.17, 15) is 18.4 Å². The largest absolute Gasteiger partial charge is 0.401 e. The van der Waals surface area contributed by atoms with E-state index in [1.54, 1.807) is 0 Å². The minimum atomic E-state index is -4.14. The first kappa shape index (κ1) is 17.3. The molecule has 0 heterocycles. The second kappa shape index (κ2) is 7.28. The maximum absolute atomic E-state index is 12.5. The van der Waals surface area contributed by atoms with Crippen molar-refractivity contribution < 1.29 is 13.2 Å². The number of hydrogen-bond acceptors (Lipinski definition) is 3. The number of nitriles is 1. The smallest absolute Gasteiger partial charge is 0.300 e. The lowest BCUT2D eigenvalue weighted by Gasteiger charge is -2.28. The van der Waals surface area contributed by atoms with Crippen LogP contribution in [0.1, 0.15) is 46.0 Å². The van der Waals surface area contributed by atoms with Crippen LogP contribution in [0, 0.1) is 11.3 Å². The average Bonchev–Trinajstić information content (AvgIpc) is 3.19. The predicted molar refractivity (Wildman–Crippen MR) is 72.2 cm³/mol. The van der Waals surface area contributed by atoms with Crippen molar-refractivity contribution in [1.29, 1.82) is 5.26 Å². The van der Waals surface area contributed by atoms with Crippen LogP contribution < -0.4 is 5.32 Å². The van der Waals surface area contributed by atoms with Gasteiger partial charge in [0.2, 0.25) is 0 Å². The first-order valence-electron chi connectivity index (χ1n) is 7.33. The van der Waals surface area contributed by atoms with Gasteiger partial charge in [-0.05, 0) is 45.2 Å². The molecule has 116 valence electrons. The van der Waals surface area contributed by atoms with Crippen LogP contribution in [-0.4, -0.2) is 42.3 Å². The first-order valence-corrected chi connectivity index (χ1v) is 7.33. The third kappa shape index (κ3) is 5.68. The van der Waals surface area contributed by atoms with Crippen LogP contribution in [0.2, 0.25) is 0 Å². The van der Waals surface area contributed by atoms with Crippen LogP contribution in [0.4, 0.5) is 13.2 Å². The van der Waals surface area contributed by atoms with Gasteiger partial charge < -0.3 is 0 Å². The number of hydrogen-bond donors (Lipinski definition) is 1. The highest BCUT2D eigenvalue weighted by Crippen LogP contribution is 2.30. The van der Waals surface area contributed by atoms with Gasteiger partial charge in [0.15, 0.2) is 0 Å². The summed E-state index contributed by atoms with van der Waals surface area (Å²) in [5, 5.41) is 12.4. The summed E-state index contributed by atoms with van der Waals surface area (Å²) in [6.45, 7) is 4.14. The van der Waals surface area contributed by atoms with E-state index in [1.807, 2.05) is 13.8 Å². The minimum Gasteiger partial charge on any atom is -0.300 e. The standard InChI is InChI=1S/C14H24F3N3/c1-3-13(10-18,19-4-2)8-5-9-20(12-6-7-12)11-14(15,16)17/h12,19H,3-9,11H2,1-2H3. The Bertz CT molecular complexity index is 334. The van der Waals surface area contributed by atoms with Gasteiger partial charge in [0, 0.05) is 6.04 Å². The summed E-state index contributed by atoms with van der Waals surface area (Å²) in [6, 6.07) is 2.37. The molecule has 1 unspecified atom stereocenters. The van der Waals surface area contributed by atoms with E-state index in [2.05, 4.69) is 11.4 Å². The third-order valence-electron chi connectivity index (χ3n) is 3.83. The molecule has 0 radical (unpaired) electrons. The molecule has 0 aromatic carbocycles. The van der Waals surface area contributed by atoms with E-state index in [1.165, 1.54) is 4.90 Å². The summed E-state index contributed by atoms with van der Waals surface area (Å²) >= 11 is 0. The Balaban J connectivity index is 2.45. The van der Waals surface area contributed by atoms with Crippen molar-refractivity contribution >= 4 is 0 Å². The van der Waals surface area contributed by atoms with Gasteiger partial charge in [-0.15, -0.1) is 0 Å². The molecule has 1 rings (SSSR count). The monoisotopic (exact) mass is 291 g/mol. The van der Waals surface area contributed by atoms with Gasteiger partial charge in [0.1, 0.15) is 5.54 Å². The van der Waals surface area contributed by atoms with Crippen molar-refractivity contribution in [3.8, 4) is 6.07 Å². The van der Waals surface area contributed by atoms with Crippen LogP contribution in [0.25, 0.3) is 0 Å². The van der Waals surface area contributed by atoms with E-state index in [4.69, 9.17) is 0 Å². The van der Waals surface area contributed by atoms with Gasteiger partial charge in [0.25, 0.3) is 0 Å². The first-order chi connectivity index (χ1) is 9.36. The molecule has 1 fully saturated rings. The Morgan fingerprint density at radius 2 is 1.95 bits per heavy atom. The average molecular weight is 291 g/mol. The van der Waals surface area contributed by atoms with Gasteiger partial charge in [-0.25, -0.2) is 0 Å². The Labute approximate surface area is 119 Å². The molecule has 1 saturated carbocycles. The van der Waals surface area contributed by atoms with E-state index in [0.29, 0.717) is 32.4 Å². The lowest BCUT2D eigenvalue weighted by atomic mass is 9.92. The van der Waals surface area contributed by atoms with E-state index in [0.717, 1.165) is 12.8 Å². The summed E-state index contributed by atoms with van der Waals surface area (Å²) in [5.41, 5.74) is -0.595. The topological polar surface area (TPSA) is 39.1 Å². The van der Waals surface area contributed by atoms with Crippen LogP contribution >= 0.6 is 0 Å². The molecule has 0 aromatic heterocycles. The Hall–Kier alpha value is -0.800. The molecule has 1 aliphatic carbocycles. The summed E-state index contributed by atoms with van der Waals surface area (Å²) in [5.74, 6) is 0. The molecular weight excluding hydrogens is 267 g/mol. The molecule has 6 heteroatoms. The third-order valence-corrected chi connectivity index (χ3v) is 3.83. The van der Waals surface area contributed by atoms with E-state index in [-0.39, 0.29) is 6.04 Å². The summed E-state index contributed by atoms with van der Waals surface area (Å²) in [7, 11) is 0. The fraction of sp³-hybridized carbons (Fsp3) is 0.929. The molecular formula is C14H24F3N3. The molecule has 3 nitrogen and oxygen atoms in total. The number of alkyl halides is 3. The second-order valence-electron chi connectivity index (χ2n) is 5.50. The predicted octanol–water partition coefficient (Wildman–Crippen LogP) is 3.08. The van der Waals surface area contributed by atoms with Crippen molar-refractivity contribution in [2.45, 2.75) is 63.7 Å². The zero-order valence-corrected chi connectivity index (χ0v) is 12.3.